The Labute approximate surface area is 122 Å². The Bertz CT molecular complexity index is 681. The highest BCUT2D eigenvalue weighted by Crippen LogP contribution is 2.35. The molecule has 0 atom stereocenters. The molecule has 0 amide bonds. The van der Waals surface area contributed by atoms with Crippen molar-refractivity contribution < 1.29 is 18.4 Å². The molecule has 21 heavy (non-hydrogen) atoms. The summed E-state index contributed by atoms with van der Waals surface area (Å²) in [6.45, 7) is 0. The Hall–Kier alpha value is -2.16. The van der Waals surface area contributed by atoms with Crippen LogP contribution < -0.4 is 5.73 Å². The van der Waals surface area contributed by atoms with E-state index in [-0.39, 0.29) is 5.56 Å². The monoisotopic (exact) mass is 316 g/mol. The van der Waals surface area contributed by atoms with Gasteiger partial charge in [0.25, 0.3) is 0 Å². The summed E-state index contributed by atoms with van der Waals surface area (Å²) in [5.41, 5.74) is 4.02. The molecule has 1 heterocycles. The largest absolute Gasteiger partial charge is 0.417 e. The number of aryl methyl sites for hydroxylation is 1. The van der Waals surface area contributed by atoms with Crippen molar-refractivity contribution >= 4 is 17.6 Å². The van der Waals surface area contributed by atoms with E-state index in [1.807, 2.05) is 0 Å². The fraction of sp³-hybridized carbons (Fsp3) is 0.167. The molecule has 2 aromatic rings. The second kappa shape index (κ2) is 5.68. The van der Waals surface area contributed by atoms with Gasteiger partial charge in [-0.15, -0.1) is 0 Å². The van der Waals surface area contributed by atoms with Crippen molar-refractivity contribution in [2.75, 3.05) is 0 Å². The Balaban J connectivity index is 2.42. The molecule has 1 aromatic carbocycles. The maximum absolute atomic E-state index is 12.9. The standard InChI is InChI=1S/C12H11F3N4OS/c1-19-6-8(5-17-19)21-7-2-3-10(12(13,14)15)9(4-7)11(16)18-20/h2-6,20H,1H3,(H2,16,18). The topological polar surface area (TPSA) is 76.4 Å². The fourth-order valence-corrected chi connectivity index (χ4v) is 2.58. The second-order valence-electron chi connectivity index (χ2n) is 4.14. The molecule has 0 saturated heterocycles. The molecule has 3 N–H and O–H groups in total. The van der Waals surface area contributed by atoms with E-state index in [1.54, 1.807) is 24.1 Å². The van der Waals surface area contributed by atoms with Crippen molar-refractivity contribution in [3.05, 3.63) is 41.7 Å². The molecule has 0 spiro atoms. The van der Waals surface area contributed by atoms with Gasteiger partial charge in [0.2, 0.25) is 0 Å². The van der Waals surface area contributed by atoms with Crippen LogP contribution in [0.2, 0.25) is 0 Å². The predicted octanol–water partition coefficient (Wildman–Crippen LogP) is 2.68. The van der Waals surface area contributed by atoms with Gasteiger partial charge in [-0.05, 0) is 18.2 Å². The van der Waals surface area contributed by atoms with Crippen LogP contribution in [-0.2, 0) is 13.2 Å². The number of halogens is 3. The summed E-state index contributed by atoms with van der Waals surface area (Å²) in [6.07, 6.45) is -1.26. The molecule has 0 saturated carbocycles. The van der Waals surface area contributed by atoms with Crippen LogP contribution in [0.5, 0.6) is 0 Å². The van der Waals surface area contributed by atoms with Gasteiger partial charge in [-0.3, -0.25) is 4.68 Å². The maximum atomic E-state index is 12.9. The molecule has 0 unspecified atom stereocenters. The quantitative estimate of drug-likeness (QED) is 0.395. The third-order valence-corrected chi connectivity index (χ3v) is 3.53. The summed E-state index contributed by atoms with van der Waals surface area (Å²) >= 11 is 1.23. The molecular formula is C12H11F3N4OS. The number of amidine groups is 1. The lowest BCUT2D eigenvalue weighted by molar-refractivity contribution is -0.137. The Kier molecular flexibility index (Phi) is 4.12. The summed E-state index contributed by atoms with van der Waals surface area (Å²) in [4.78, 5) is 1.29. The molecule has 0 aliphatic rings. The van der Waals surface area contributed by atoms with E-state index in [0.29, 0.717) is 4.90 Å². The summed E-state index contributed by atoms with van der Waals surface area (Å²) < 4.78 is 40.3. The van der Waals surface area contributed by atoms with Gasteiger partial charge < -0.3 is 10.9 Å². The van der Waals surface area contributed by atoms with Crippen molar-refractivity contribution in [3.8, 4) is 0 Å². The van der Waals surface area contributed by atoms with Crippen LogP contribution in [-0.4, -0.2) is 20.8 Å². The van der Waals surface area contributed by atoms with E-state index in [0.717, 1.165) is 11.0 Å². The zero-order valence-electron chi connectivity index (χ0n) is 10.8. The van der Waals surface area contributed by atoms with Crippen LogP contribution in [0.3, 0.4) is 0 Å². The average molecular weight is 316 g/mol. The van der Waals surface area contributed by atoms with Gasteiger partial charge in [0.05, 0.1) is 16.7 Å². The minimum atomic E-state index is -4.58. The third-order valence-electron chi connectivity index (χ3n) is 2.60. The Morgan fingerprint density at radius 2 is 2.10 bits per heavy atom. The number of alkyl halides is 3. The first-order chi connectivity index (χ1) is 9.81. The van der Waals surface area contributed by atoms with E-state index < -0.39 is 17.6 Å². The number of aromatic nitrogens is 2. The van der Waals surface area contributed by atoms with E-state index in [4.69, 9.17) is 10.9 Å². The molecule has 0 aliphatic heterocycles. The summed E-state index contributed by atoms with van der Waals surface area (Å²) in [6, 6.07) is 3.47. The molecule has 0 bridgehead atoms. The molecule has 5 nitrogen and oxygen atoms in total. The van der Waals surface area contributed by atoms with Gasteiger partial charge in [0, 0.05) is 23.7 Å². The van der Waals surface area contributed by atoms with Gasteiger partial charge in [-0.25, -0.2) is 0 Å². The summed E-state index contributed by atoms with van der Waals surface area (Å²) in [5.74, 6) is -0.587. The van der Waals surface area contributed by atoms with Crippen LogP contribution in [0, 0.1) is 0 Å². The lowest BCUT2D eigenvalue weighted by Gasteiger charge is -2.13. The third kappa shape index (κ3) is 3.48. The zero-order valence-corrected chi connectivity index (χ0v) is 11.6. The number of benzene rings is 1. The minimum absolute atomic E-state index is 0.362. The SMILES string of the molecule is Cn1cc(Sc2ccc(C(F)(F)F)c(/C(N)=N/O)c2)cn1. The number of nitrogens with zero attached hydrogens (tertiary/aromatic N) is 3. The van der Waals surface area contributed by atoms with Crippen molar-refractivity contribution in [2.24, 2.45) is 17.9 Å². The highest BCUT2D eigenvalue weighted by molar-refractivity contribution is 7.99. The fourth-order valence-electron chi connectivity index (χ4n) is 1.69. The summed E-state index contributed by atoms with van der Waals surface area (Å²) in [5, 5.41) is 15.3. The van der Waals surface area contributed by atoms with Crippen molar-refractivity contribution in [3.63, 3.8) is 0 Å². The number of hydrogen-bond acceptors (Lipinski definition) is 4. The zero-order chi connectivity index (χ0) is 15.6. The van der Waals surface area contributed by atoms with E-state index >= 15 is 0 Å². The minimum Gasteiger partial charge on any atom is -0.409 e. The van der Waals surface area contributed by atoms with Crippen LogP contribution >= 0.6 is 11.8 Å². The molecule has 0 aliphatic carbocycles. The normalized spacial score (nSPS) is 12.7. The number of hydrogen-bond donors (Lipinski definition) is 2. The molecule has 0 fully saturated rings. The molecule has 112 valence electrons. The Morgan fingerprint density at radius 1 is 1.38 bits per heavy atom. The van der Waals surface area contributed by atoms with E-state index in [2.05, 4.69) is 10.3 Å². The predicted molar refractivity (Wildman–Crippen MR) is 71.3 cm³/mol. The highest BCUT2D eigenvalue weighted by atomic mass is 32.2. The maximum Gasteiger partial charge on any atom is 0.417 e. The van der Waals surface area contributed by atoms with Crippen molar-refractivity contribution in [1.82, 2.24) is 9.78 Å². The number of rotatable bonds is 3. The van der Waals surface area contributed by atoms with Crippen LogP contribution in [0.25, 0.3) is 0 Å². The molecule has 2 rings (SSSR count). The highest BCUT2D eigenvalue weighted by Gasteiger charge is 2.34. The smallest absolute Gasteiger partial charge is 0.409 e. The van der Waals surface area contributed by atoms with Gasteiger partial charge in [-0.1, -0.05) is 16.9 Å². The Morgan fingerprint density at radius 3 is 2.62 bits per heavy atom. The molecular weight excluding hydrogens is 305 g/mol. The lowest BCUT2D eigenvalue weighted by Crippen LogP contribution is -2.20. The summed E-state index contributed by atoms with van der Waals surface area (Å²) in [7, 11) is 1.73. The lowest BCUT2D eigenvalue weighted by atomic mass is 10.1. The first-order valence-electron chi connectivity index (χ1n) is 5.67. The van der Waals surface area contributed by atoms with Gasteiger partial charge >= 0.3 is 6.18 Å². The van der Waals surface area contributed by atoms with Crippen molar-refractivity contribution in [2.45, 2.75) is 16.0 Å². The van der Waals surface area contributed by atoms with Crippen LogP contribution in [0.1, 0.15) is 11.1 Å². The first-order valence-corrected chi connectivity index (χ1v) is 6.48. The van der Waals surface area contributed by atoms with Gasteiger partial charge in [0.1, 0.15) is 0 Å². The number of oxime groups is 1. The van der Waals surface area contributed by atoms with Gasteiger partial charge in [0.15, 0.2) is 5.84 Å². The van der Waals surface area contributed by atoms with Crippen LogP contribution in [0.15, 0.2) is 45.5 Å². The first kappa shape index (κ1) is 15.2. The molecule has 0 radical (unpaired) electrons. The second-order valence-corrected chi connectivity index (χ2v) is 5.29. The van der Waals surface area contributed by atoms with Crippen molar-refractivity contribution in [1.29, 1.82) is 0 Å². The average Bonchev–Trinajstić information content (AvgIpc) is 2.82. The van der Waals surface area contributed by atoms with E-state index in [1.165, 1.54) is 23.9 Å². The molecule has 1 aromatic heterocycles. The van der Waals surface area contributed by atoms with E-state index in [9.17, 15) is 13.2 Å². The molecule has 9 heteroatoms. The van der Waals surface area contributed by atoms with Gasteiger partial charge in [-0.2, -0.15) is 18.3 Å². The van der Waals surface area contributed by atoms with Crippen LogP contribution in [0.4, 0.5) is 13.2 Å². The number of nitrogens with two attached hydrogens (primary N) is 1.